The molecule has 0 aliphatic carbocycles. The number of anilines is 3. The van der Waals surface area contributed by atoms with E-state index in [4.69, 9.17) is 0 Å². The Morgan fingerprint density at radius 1 is 1.05 bits per heavy atom. The van der Waals surface area contributed by atoms with Gasteiger partial charge in [0.05, 0.1) is 17.3 Å². The van der Waals surface area contributed by atoms with Gasteiger partial charge in [0.25, 0.3) is 5.91 Å². The lowest BCUT2D eigenvalue weighted by molar-refractivity contribution is -0.120. The molecule has 0 bridgehead atoms. The van der Waals surface area contributed by atoms with Crippen molar-refractivity contribution in [3.8, 4) is 6.07 Å². The molecule has 7 heteroatoms. The predicted octanol–water partition coefficient (Wildman–Crippen LogP) is 5.80. The van der Waals surface area contributed by atoms with Gasteiger partial charge in [-0.15, -0.1) is 0 Å². The average molecular weight is 522 g/mol. The van der Waals surface area contributed by atoms with E-state index in [1.807, 2.05) is 62.4 Å². The van der Waals surface area contributed by atoms with Crippen LogP contribution in [0.5, 0.6) is 0 Å². The van der Waals surface area contributed by atoms with Gasteiger partial charge in [-0.05, 0) is 61.2 Å². The minimum atomic E-state index is -0.0812. The Morgan fingerprint density at radius 2 is 1.77 bits per heavy atom. The first kappa shape index (κ1) is 26.5. The number of carbonyl (C=O) groups is 2. The zero-order valence-electron chi connectivity index (χ0n) is 22.8. The molecule has 1 unspecified atom stereocenters. The summed E-state index contributed by atoms with van der Waals surface area (Å²) in [6.45, 7) is 8.47. The molecular weight excluding hydrogens is 486 g/mol. The van der Waals surface area contributed by atoms with E-state index in [0.29, 0.717) is 16.8 Å². The number of nitriles is 1. The van der Waals surface area contributed by atoms with Gasteiger partial charge >= 0.3 is 0 Å². The van der Waals surface area contributed by atoms with Crippen LogP contribution in [0.25, 0.3) is 0 Å². The highest BCUT2D eigenvalue weighted by Crippen LogP contribution is 2.39. The Labute approximate surface area is 230 Å². The first-order chi connectivity index (χ1) is 18.9. The Hall–Kier alpha value is -4.15. The Kier molecular flexibility index (Phi) is 7.67. The minimum Gasteiger partial charge on any atom is -0.365 e. The molecule has 39 heavy (non-hydrogen) atoms. The molecule has 0 radical (unpaired) electrons. The summed E-state index contributed by atoms with van der Waals surface area (Å²) in [6, 6.07) is 23.9. The summed E-state index contributed by atoms with van der Waals surface area (Å²) in [7, 11) is 0. The fourth-order valence-electron chi connectivity index (χ4n) is 5.98. The van der Waals surface area contributed by atoms with Crippen molar-refractivity contribution >= 4 is 28.9 Å². The normalized spacial score (nSPS) is 18.9. The number of fused-ring (bicyclic) bond motifs is 2. The average Bonchev–Trinajstić information content (AvgIpc) is 3.07. The first-order valence-corrected chi connectivity index (χ1v) is 13.8. The monoisotopic (exact) mass is 521 g/mol. The number of rotatable bonds is 6. The van der Waals surface area contributed by atoms with Crippen LogP contribution in [0.3, 0.4) is 0 Å². The molecule has 7 nitrogen and oxygen atoms in total. The molecule has 0 saturated carbocycles. The lowest BCUT2D eigenvalue weighted by Crippen LogP contribution is -2.53. The van der Waals surface area contributed by atoms with E-state index in [1.165, 1.54) is 0 Å². The topological polar surface area (TPSA) is 88.5 Å². The third-order valence-corrected chi connectivity index (χ3v) is 8.08. The molecule has 3 aromatic rings. The maximum Gasteiger partial charge on any atom is 0.256 e. The summed E-state index contributed by atoms with van der Waals surface area (Å²) in [5.41, 5.74) is 5.73. The molecule has 2 aliphatic rings. The van der Waals surface area contributed by atoms with Crippen molar-refractivity contribution in [2.24, 2.45) is 5.92 Å². The largest absolute Gasteiger partial charge is 0.365 e. The van der Waals surface area contributed by atoms with Gasteiger partial charge in [0, 0.05) is 48.5 Å². The molecule has 3 aromatic carbocycles. The summed E-state index contributed by atoms with van der Waals surface area (Å²) in [6.07, 6.45) is 1.57. The molecule has 5 rings (SSSR count). The number of benzene rings is 3. The smallest absolute Gasteiger partial charge is 0.256 e. The van der Waals surface area contributed by atoms with Crippen LogP contribution in [0, 0.1) is 17.2 Å². The number of amides is 2. The van der Waals surface area contributed by atoms with E-state index in [-0.39, 0.29) is 29.8 Å². The highest BCUT2D eigenvalue weighted by atomic mass is 16.2. The highest BCUT2D eigenvalue weighted by molar-refractivity contribution is 6.07. The van der Waals surface area contributed by atoms with Crippen molar-refractivity contribution in [3.63, 3.8) is 0 Å². The van der Waals surface area contributed by atoms with Crippen LogP contribution in [-0.4, -0.2) is 42.4 Å². The number of carbonyl (C=O) groups excluding carboxylic acids is 2. The maximum atomic E-state index is 13.0. The Bertz CT molecular complexity index is 1420. The van der Waals surface area contributed by atoms with E-state index in [1.54, 1.807) is 6.07 Å². The number of piperazine rings is 1. The summed E-state index contributed by atoms with van der Waals surface area (Å²) >= 11 is 0. The van der Waals surface area contributed by atoms with Gasteiger partial charge in [-0.25, -0.2) is 0 Å². The first-order valence-electron chi connectivity index (χ1n) is 13.8. The van der Waals surface area contributed by atoms with Gasteiger partial charge in [0.2, 0.25) is 5.91 Å². The molecule has 2 amide bonds. The second-order valence-corrected chi connectivity index (χ2v) is 10.4. The van der Waals surface area contributed by atoms with E-state index < -0.39 is 0 Å². The van der Waals surface area contributed by atoms with Gasteiger partial charge in [0.1, 0.15) is 6.07 Å². The van der Waals surface area contributed by atoms with Crippen LogP contribution in [0.15, 0.2) is 66.7 Å². The molecule has 2 atom stereocenters. The fraction of sp³-hybridized carbons (Fsp3) is 0.344. The SMILES string of the molecule is CCC(CC)C(=O)Nc1ccc(N2CCN(C3c4ccccc4NC(=O)c4ccccc43)C[C@@H]2C)c(C#N)c1. The summed E-state index contributed by atoms with van der Waals surface area (Å²) < 4.78 is 0. The van der Waals surface area contributed by atoms with Crippen molar-refractivity contribution in [2.45, 2.75) is 45.7 Å². The molecule has 2 aliphatic heterocycles. The maximum absolute atomic E-state index is 13.0. The van der Waals surface area contributed by atoms with Crippen molar-refractivity contribution in [2.75, 3.05) is 35.2 Å². The third kappa shape index (κ3) is 5.13. The molecule has 2 heterocycles. The molecule has 1 saturated heterocycles. The van der Waals surface area contributed by atoms with Crippen LogP contribution >= 0.6 is 0 Å². The second-order valence-electron chi connectivity index (χ2n) is 10.4. The number of hydrogen-bond acceptors (Lipinski definition) is 5. The number of hydrogen-bond donors (Lipinski definition) is 2. The Morgan fingerprint density at radius 3 is 2.49 bits per heavy atom. The fourth-order valence-corrected chi connectivity index (χ4v) is 5.98. The molecule has 0 spiro atoms. The van der Waals surface area contributed by atoms with E-state index in [2.05, 4.69) is 45.6 Å². The van der Waals surface area contributed by atoms with Crippen molar-refractivity contribution in [3.05, 3.63) is 89.0 Å². The summed E-state index contributed by atoms with van der Waals surface area (Å²) in [4.78, 5) is 30.3. The van der Waals surface area contributed by atoms with Gasteiger partial charge in [-0.3, -0.25) is 14.5 Å². The number of para-hydroxylation sites is 1. The van der Waals surface area contributed by atoms with Gasteiger partial charge < -0.3 is 15.5 Å². The lowest BCUT2D eigenvalue weighted by Gasteiger charge is -2.45. The molecular formula is C32H35N5O2. The standard InChI is InChI=1S/C32H35N5O2/c1-4-22(5-2)31(38)34-24-14-15-29(23(18-24)19-33)37-17-16-36(20-21(37)3)30-25-10-6-7-11-26(25)32(39)35-28-13-9-8-12-27(28)30/h6-15,18,21-22,30H,4-5,16-17,20H2,1-3H3,(H,34,38)(H,35,39)/t21-,30?/m0/s1. The van der Waals surface area contributed by atoms with E-state index >= 15 is 0 Å². The quantitative estimate of drug-likeness (QED) is 0.428. The van der Waals surface area contributed by atoms with Gasteiger partial charge in [0.15, 0.2) is 0 Å². The van der Waals surface area contributed by atoms with Crippen molar-refractivity contribution < 1.29 is 9.59 Å². The third-order valence-electron chi connectivity index (χ3n) is 8.08. The summed E-state index contributed by atoms with van der Waals surface area (Å²) in [5, 5.41) is 16.1. The number of nitrogens with one attached hydrogen (secondary N) is 2. The van der Waals surface area contributed by atoms with Gasteiger partial charge in [-0.1, -0.05) is 50.2 Å². The van der Waals surface area contributed by atoms with Crippen LogP contribution in [-0.2, 0) is 4.79 Å². The zero-order valence-corrected chi connectivity index (χ0v) is 22.8. The Balaban J connectivity index is 1.40. The molecule has 2 N–H and O–H groups in total. The van der Waals surface area contributed by atoms with E-state index in [9.17, 15) is 14.9 Å². The predicted molar refractivity (Wildman–Crippen MR) is 155 cm³/mol. The summed E-state index contributed by atoms with van der Waals surface area (Å²) in [5.74, 6) is -0.120. The van der Waals surface area contributed by atoms with Crippen LogP contribution in [0.4, 0.5) is 17.1 Å². The number of nitrogens with zero attached hydrogens (tertiary/aromatic N) is 3. The molecule has 0 aromatic heterocycles. The second kappa shape index (κ2) is 11.3. The van der Waals surface area contributed by atoms with Crippen molar-refractivity contribution in [1.82, 2.24) is 4.90 Å². The van der Waals surface area contributed by atoms with E-state index in [0.717, 1.165) is 55.0 Å². The molecule has 200 valence electrons. The van der Waals surface area contributed by atoms with Crippen LogP contribution in [0.1, 0.15) is 66.7 Å². The van der Waals surface area contributed by atoms with Crippen molar-refractivity contribution in [1.29, 1.82) is 5.26 Å². The minimum absolute atomic E-state index is 0.00411. The van der Waals surface area contributed by atoms with Gasteiger partial charge in [-0.2, -0.15) is 5.26 Å². The lowest BCUT2D eigenvalue weighted by atomic mass is 9.92. The molecule has 1 fully saturated rings. The van der Waals surface area contributed by atoms with Crippen LogP contribution < -0.4 is 15.5 Å². The zero-order chi connectivity index (χ0) is 27.5. The highest BCUT2D eigenvalue weighted by Gasteiger charge is 2.35. The van der Waals surface area contributed by atoms with Crippen LogP contribution in [0.2, 0.25) is 0 Å².